The Morgan fingerprint density at radius 3 is 2.70 bits per heavy atom. The maximum absolute atomic E-state index is 12.0. The fourth-order valence-electron chi connectivity index (χ4n) is 1.73. The Balaban J connectivity index is 2.10. The number of hydrogen-bond acceptors (Lipinski definition) is 3. The Bertz CT molecular complexity index is 621. The smallest absolute Gasteiger partial charge is 0.205 e. The fraction of sp³-hybridized carbons (Fsp3) is 0.188. The Kier molecular flexibility index (Phi) is 5.18. The van der Waals surface area contributed by atoms with Crippen molar-refractivity contribution in [2.45, 2.75) is 19.8 Å². The minimum absolute atomic E-state index is 0.142. The molecule has 4 heteroatoms. The van der Waals surface area contributed by atoms with E-state index in [1.165, 1.54) is 12.3 Å². The van der Waals surface area contributed by atoms with E-state index < -0.39 is 0 Å². The van der Waals surface area contributed by atoms with Crippen LogP contribution in [0, 0.1) is 0 Å². The molecular weight excluding hydrogens is 316 g/mol. The van der Waals surface area contributed by atoms with Crippen molar-refractivity contribution in [1.29, 1.82) is 0 Å². The molecule has 0 unspecified atom stereocenters. The van der Waals surface area contributed by atoms with Gasteiger partial charge in [0, 0.05) is 10.7 Å². The van der Waals surface area contributed by atoms with Gasteiger partial charge < -0.3 is 0 Å². The van der Waals surface area contributed by atoms with Crippen LogP contribution in [-0.4, -0.2) is 15.8 Å². The molecule has 0 saturated carbocycles. The maximum atomic E-state index is 12.0. The monoisotopic (exact) mass is 330 g/mol. The first kappa shape index (κ1) is 14.6. The van der Waals surface area contributed by atoms with Crippen molar-refractivity contribution >= 4 is 27.8 Å². The summed E-state index contributed by atoms with van der Waals surface area (Å²) in [5.74, 6) is -0.142. The van der Waals surface area contributed by atoms with E-state index in [0.29, 0.717) is 5.69 Å². The van der Waals surface area contributed by atoms with Crippen LogP contribution < -0.4 is 0 Å². The minimum atomic E-state index is -0.142. The Morgan fingerprint density at radius 2 is 2.05 bits per heavy atom. The van der Waals surface area contributed by atoms with E-state index in [2.05, 4.69) is 32.8 Å². The fourth-order valence-corrected chi connectivity index (χ4v) is 2.15. The van der Waals surface area contributed by atoms with Gasteiger partial charge in [-0.3, -0.25) is 9.78 Å². The molecule has 0 radical (unpaired) electrons. The summed E-state index contributed by atoms with van der Waals surface area (Å²) in [5.41, 5.74) is 2.24. The van der Waals surface area contributed by atoms with Crippen LogP contribution in [0.3, 0.4) is 0 Å². The third-order valence-corrected chi connectivity index (χ3v) is 3.51. The molecule has 1 aromatic heterocycles. The Labute approximate surface area is 126 Å². The standard InChI is InChI=1S/C16H15BrN2O/c1-2-5-13-10-19-15(11-18-13)16(20)9-8-12-6-3-4-7-14(12)17/h3-4,6-11H,2,5H2,1H3/b9-8+. The molecule has 0 atom stereocenters. The number of ketones is 1. The van der Waals surface area contributed by atoms with Gasteiger partial charge in [-0.1, -0.05) is 47.5 Å². The van der Waals surface area contributed by atoms with Crippen molar-refractivity contribution in [2.24, 2.45) is 0 Å². The number of aromatic nitrogens is 2. The van der Waals surface area contributed by atoms with Crippen LogP contribution in [0.25, 0.3) is 6.08 Å². The van der Waals surface area contributed by atoms with Gasteiger partial charge in [-0.2, -0.15) is 0 Å². The molecule has 1 heterocycles. The summed E-state index contributed by atoms with van der Waals surface area (Å²) in [4.78, 5) is 20.4. The summed E-state index contributed by atoms with van der Waals surface area (Å²) in [7, 11) is 0. The van der Waals surface area contributed by atoms with Crippen molar-refractivity contribution in [3.8, 4) is 0 Å². The van der Waals surface area contributed by atoms with Gasteiger partial charge in [0.2, 0.25) is 5.78 Å². The van der Waals surface area contributed by atoms with Crippen LogP contribution in [0.4, 0.5) is 0 Å². The van der Waals surface area contributed by atoms with Gasteiger partial charge >= 0.3 is 0 Å². The topological polar surface area (TPSA) is 42.9 Å². The van der Waals surface area contributed by atoms with Gasteiger partial charge in [-0.05, 0) is 30.2 Å². The van der Waals surface area contributed by atoms with E-state index in [1.54, 1.807) is 12.3 Å². The second-order valence-corrected chi connectivity index (χ2v) is 5.22. The molecular formula is C16H15BrN2O. The van der Waals surface area contributed by atoms with Gasteiger partial charge in [-0.25, -0.2) is 4.98 Å². The molecule has 0 fully saturated rings. The summed E-state index contributed by atoms with van der Waals surface area (Å²) in [6, 6.07) is 7.73. The van der Waals surface area contributed by atoms with Crippen LogP contribution >= 0.6 is 15.9 Å². The molecule has 2 aromatic rings. The zero-order chi connectivity index (χ0) is 14.4. The third kappa shape index (κ3) is 3.84. The van der Waals surface area contributed by atoms with Crippen LogP contribution in [0.1, 0.15) is 35.1 Å². The number of benzene rings is 1. The van der Waals surface area contributed by atoms with Gasteiger partial charge in [0.1, 0.15) is 5.69 Å². The molecule has 102 valence electrons. The molecule has 0 aliphatic heterocycles. The molecule has 2 rings (SSSR count). The first-order valence-corrected chi connectivity index (χ1v) is 7.28. The molecule has 1 aromatic carbocycles. The highest BCUT2D eigenvalue weighted by atomic mass is 79.9. The second-order valence-electron chi connectivity index (χ2n) is 4.36. The molecule has 0 saturated heterocycles. The minimum Gasteiger partial charge on any atom is -0.287 e. The van der Waals surface area contributed by atoms with Crippen molar-refractivity contribution in [3.63, 3.8) is 0 Å². The number of allylic oxidation sites excluding steroid dienone is 1. The molecule has 0 amide bonds. The number of carbonyl (C=O) groups is 1. The van der Waals surface area contributed by atoms with Gasteiger partial charge in [-0.15, -0.1) is 0 Å². The molecule has 0 aliphatic rings. The molecule has 0 N–H and O–H groups in total. The first-order chi connectivity index (χ1) is 9.70. The lowest BCUT2D eigenvalue weighted by Gasteiger charge is -1.99. The lowest BCUT2D eigenvalue weighted by Crippen LogP contribution is -2.01. The summed E-state index contributed by atoms with van der Waals surface area (Å²) >= 11 is 3.44. The Morgan fingerprint density at radius 1 is 1.25 bits per heavy atom. The van der Waals surface area contributed by atoms with E-state index in [0.717, 1.165) is 28.6 Å². The number of aryl methyl sites for hydroxylation is 1. The normalized spacial score (nSPS) is 10.9. The number of carbonyl (C=O) groups excluding carboxylic acids is 1. The third-order valence-electron chi connectivity index (χ3n) is 2.78. The average Bonchev–Trinajstić information content (AvgIpc) is 2.47. The number of hydrogen-bond donors (Lipinski definition) is 0. The maximum Gasteiger partial charge on any atom is 0.205 e. The molecule has 0 spiro atoms. The van der Waals surface area contributed by atoms with Crippen LogP contribution in [0.5, 0.6) is 0 Å². The summed E-state index contributed by atoms with van der Waals surface area (Å²) in [5, 5.41) is 0. The second kappa shape index (κ2) is 7.10. The van der Waals surface area contributed by atoms with Gasteiger partial charge in [0.15, 0.2) is 0 Å². The highest BCUT2D eigenvalue weighted by Crippen LogP contribution is 2.17. The van der Waals surface area contributed by atoms with Crippen LogP contribution in [-0.2, 0) is 6.42 Å². The van der Waals surface area contributed by atoms with E-state index in [9.17, 15) is 4.79 Å². The molecule has 0 bridgehead atoms. The van der Waals surface area contributed by atoms with Gasteiger partial charge in [0.25, 0.3) is 0 Å². The Hall–Kier alpha value is -1.81. The van der Waals surface area contributed by atoms with Crippen LogP contribution in [0.2, 0.25) is 0 Å². The predicted molar refractivity (Wildman–Crippen MR) is 83.5 cm³/mol. The summed E-state index contributed by atoms with van der Waals surface area (Å²) in [6.45, 7) is 2.08. The zero-order valence-electron chi connectivity index (χ0n) is 11.2. The largest absolute Gasteiger partial charge is 0.287 e. The number of rotatable bonds is 5. The van der Waals surface area contributed by atoms with Crippen molar-refractivity contribution in [1.82, 2.24) is 9.97 Å². The summed E-state index contributed by atoms with van der Waals surface area (Å²) < 4.78 is 0.952. The van der Waals surface area contributed by atoms with Crippen molar-refractivity contribution in [3.05, 3.63) is 64.2 Å². The highest BCUT2D eigenvalue weighted by Gasteiger charge is 2.04. The highest BCUT2D eigenvalue weighted by molar-refractivity contribution is 9.10. The quantitative estimate of drug-likeness (QED) is 0.612. The molecule has 3 nitrogen and oxygen atoms in total. The van der Waals surface area contributed by atoms with Crippen molar-refractivity contribution in [2.75, 3.05) is 0 Å². The first-order valence-electron chi connectivity index (χ1n) is 6.48. The van der Waals surface area contributed by atoms with Crippen molar-refractivity contribution < 1.29 is 4.79 Å². The number of halogens is 1. The lowest BCUT2D eigenvalue weighted by atomic mass is 10.2. The predicted octanol–water partition coefficient (Wildman–Crippen LogP) is 4.09. The van der Waals surface area contributed by atoms with Gasteiger partial charge in [0.05, 0.1) is 11.9 Å². The van der Waals surface area contributed by atoms with E-state index in [4.69, 9.17) is 0 Å². The van der Waals surface area contributed by atoms with E-state index in [-0.39, 0.29) is 5.78 Å². The summed E-state index contributed by atoms with van der Waals surface area (Å²) in [6.07, 6.45) is 8.40. The number of nitrogens with zero attached hydrogens (tertiary/aromatic N) is 2. The molecule has 20 heavy (non-hydrogen) atoms. The SMILES string of the molecule is CCCc1cnc(C(=O)/C=C/c2ccccc2Br)cn1. The van der Waals surface area contributed by atoms with Crippen LogP contribution in [0.15, 0.2) is 47.2 Å². The zero-order valence-corrected chi connectivity index (χ0v) is 12.8. The van der Waals surface area contributed by atoms with E-state index >= 15 is 0 Å². The molecule has 0 aliphatic carbocycles. The average molecular weight is 331 g/mol. The van der Waals surface area contributed by atoms with E-state index in [1.807, 2.05) is 24.3 Å². The lowest BCUT2D eigenvalue weighted by molar-refractivity contribution is 0.104.